The number of guanidine groups is 1. The highest BCUT2D eigenvalue weighted by atomic mass is 127. The minimum Gasteiger partial charge on any atom is -0.489 e. The number of para-hydroxylation sites is 1. The van der Waals surface area contributed by atoms with Crippen LogP contribution in [0.4, 0.5) is 0 Å². The fraction of sp³-hybridized carbons (Fsp3) is 0.611. The van der Waals surface area contributed by atoms with Gasteiger partial charge in [-0.15, -0.1) is 24.0 Å². The van der Waals surface area contributed by atoms with Crippen molar-refractivity contribution in [1.82, 2.24) is 10.6 Å². The highest BCUT2D eigenvalue weighted by Crippen LogP contribution is 2.10. The lowest BCUT2D eigenvalue weighted by Crippen LogP contribution is -2.38. The van der Waals surface area contributed by atoms with Crippen molar-refractivity contribution < 1.29 is 9.47 Å². The summed E-state index contributed by atoms with van der Waals surface area (Å²) in [6.07, 6.45) is 2.17. The smallest absolute Gasteiger partial charge is 0.191 e. The molecule has 0 aromatic heterocycles. The number of halogens is 1. The Morgan fingerprint density at radius 3 is 2.54 bits per heavy atom. The lowest BCUT2D eigenvalue weighted by Gasteiger charge is -2.15. The van der Waals surface area contributed by atoms with E-state index in [1.165, 1.54) is 0 Å². The van der Waals surface area contributed by atoms with Crippen LogP contribution in [0.2, 0.25) is 0 Å². The second kappa shape index (κ2) is 15.5. The van der Waals surface area contributed by atoms with Crippen LogP contribution in [-0.4, -0.2) is 44.9 Å². The van der Waals surface area contributed by atoms with Crippen LogP contribution in [-0.2, 0) is 4.74 Å². The SMILES string of the molecule is CCNC(=NCC(C)Oc1ccccc1)NCCCCOCC.I. The Labute approximate surface area is 163 Å². The molecule has 0 fully saturated rings. The third-order valence-electron chi connectivity index (χ3n) is 3.14. The van der Waals surface area contributed by atoms with Gasteiger partial charge in [0, 0.05) is 26.3 Å². The van der Waals surface area contributed by atoms with Crippen molar-refractivity contribution in [2.45, 2.75) is 39.7 Å². The van der Waals surface area contributed by atoms with Crippen molar-refractivity contribution >= 4 is 29.9 Å². The summed E-state index contributed by atoms with van der Waals surface area (Å²) >= 11 is 0. The van der Waals surface area contributed by atoms with Gasteiger partial charge >= 0.3 is 0 Å². The minimum atomic E-state index is 0. The zero-order valence-electron chi connectivity index (χ0n) is 15.1. The molecule has 0 aliphatic rings. The molecule has 0 aliphatic carbocycles. The molecule has 1 unspecified atom stereocenters. The van der Waals surface area contributed by atoms with Gasteiger partial charge in [0.15, 0.2) is 5.96 Å². The minimum absolute atomic E-state index is 0. The molecule has 0 spiro atoms. The maximum Gasteiger partial charge on any atom is 0.191 e. The Balaban J connectivity index is 0.00000529. The van der Waals surface area contributed by atoms with Gasteiger partial charge in [0.1, 0.15) is 11.9 Å². The number of hydrogen-bond donors (Lipinski definition) is 2. The molecule has 2 N–H and O–H groups in total. The van der Waals surface area contributed by atoms with Crippen molar-refractivity contribution in [3.05, 3.63) is 30.3 Å². The van der Waals surface area contributed by atoms with Crippen LogP contribution in [0.3, 0.4) is 0 Å². The number of nitrogens with zero attached hydrogens (tertiary/aromatic N) is 1. The molecule has 0 saturated heterocycles. The van der Waals surface area contributed by atoms with Gasteiger partial charge in [-0.25, -0.2) is 4.99 Å². The molecule has 6 heteroatoms. The monoisotopic (exact) mass is 449 g/mol. The largest absolute Gasteiger partial charge is 0.489 e. The molecule has 5 nitrogen and oxygen atoms in total. The maximum absolute atomic E-state index is 5.83. The molecule has 0 saturated carbocycles. The molecule has 0 heterocycles. The van der Waals surface area contributed by atoms with Crippen LogP contribution < -0.4 is 15.4 Å². The number of nitrogens with one attached hydrogen (secondary N) is 2. The van der Waals surface area contributed by atoms with Crippen molar-refractivity contribution in [2.75, 3.05) is 32.8 Å². The van der Waals surface area contributed by atoms with Gasteiger partial charge in [0.2, 0.25) is 0 Å². The lowest BCUT2D eigenvalue weighted by molar-refractivity contribution is 0.143. The van der Waals surface area contributed by atoms with E-state index >= 15 is 0 Å². The third-order valence-corrected chi connectivity index (χ3v) is 3.14. The molecule has 1 atom stereocenters. The molecule has 1 aromatic carbocycles. The Kier molecular flexibility index (Phi) is 14.8. The second-order valence-electron chi connectivity index (χ2n) is 5.29. The van der Waals surface area contributed by atoms with Gasteiger partial charge in [0.05, 0.1) is 6.54 Å². The molecule has 1 rings (SSSR count). The van der Waals surface area contributed by atoms with Gasteiger partial charge in [-0.1, -0.05) is 18.2 Å². The fourth-order valence-corrected chi connectivity index (χ4v) is 2.01. The maximum atomic E-state index is 5.83. The fourth-order valence-electron chi connectivity index (χ4n) is 2.01. The summed E-state index contributed by atoms with van der Waals surface area (Å²) in [5, 5.41) is 6.60. The van der Waals surface area contributed by atoms with E-state index in [1.54, 1.807) is 0 Å². The second-order valence-corrected chi connectivity index (χ2v) is 5.29. The number of hydrogen-bond acceptors (Lipinski definition) is 3. The summed E-state index contributed by atoms with van der Waals surface area (Å²) in [7, 11) is 0. The van der Waals surface area contributed by atoms with Gasteiger partial charge < -0.3 is 20.1 Å². The van der Waals surface area contributed by atoms with Crippen LogP contribution in [0.15, 0.2) is 35.3 Å². The van der Waals surface area contributed by atoms with Gasteiger partial charge in [-0.3, -0.25) is 0 Å². The van der Waals surface area contributed by atoms with Crippen LogP contribution in [0.1, 0.15) is 33.6 Å². The summed E-state index contributed by atoms with van der Waals surface area (Å²) in [4.78, 5) is 4.58. The Hall–Kier alpha value is -1.02. The van der Waals surface area contributed by atoms with Gasteiger partial charge in [0.25, 0.3) is 0 Å². The first-order valence-electron chi connectivity index (χ1n) is 8.57. The zero-order valence-corrected chi connectivity index (χ0v) is 17.4. The number of ether oxygens (including phenoxy) is 2. The first kappa shape index (κ1) is 23.0. The number of aliphatic imine (C=N–C) groups is 1. The van der Waals surface area contributed by atoms with Crippen molar-refractivity contribution in [3.8, 4) is 5.75 Å². The predicted octanol–water partition coefficient (Wildman–Crippen LogP) is 3.44. The Bertz CT molecular complexity index is 430. The normalized spacial score (nSPS) is 12.2. The highest BCUT2D eigenvalue weighted by Gasteiger charge is 2.04. The third kappa shape index (κ3) is 11.5. The van der Waals surface area contributed by atoms with Crippen LogP contribution in [0, 0.1) is 0 Å². The topological polar surface area (TPSA) is 54.9 Å². The zero-order chi connectivity index (χ0) is 16.8. The molecular formula is C18H32IN3O2. The molecular weight excluding hydrogens is 417 g/mol. The van der Waals surface area contributed by atoms with E-state index in [9.17, 15) is 0 Å². The average Bonchev–Trinajstić information content (AvgIpc) is 2.56. The van der Waals surface area contributed by atoms with Crippen molar-refractivity contribution in [2.24, 2.45) is 4.99 Å². The van der Waals surface area contributed by atoms with E-state index in [0.717, 1.165) is 50.9 Å². The standard InChI is InChI=1S/C18H31N3O2.HI/c1-4-19-18(20-13-9-10-14-22-5-2)21-15-16(3)23-17-11-7-6-8-12-17;/h6-8,11-12,16H,4-5,9-10,13-15H2,1-3H3,(H2,19,20,21);1H. The summed E-state index contributed by atoms with van der Waals surface area (Å²) in [5.41, 5.74) is 0. The summed E-state index contributed by atoms with van der Waals surface area (Å²) in [6.45, 7) is 10.1. The Morgan fingerprint density at radius 2 is 1.88 bits per heavy atom. The number of rotatable bonds is 11. The molecule has 138 valence electrons. The van der Waals surface area contributed by atoms with E-state index in [2.05, 4.69) is 22.5 Å². The quantitative estimate of drug-likeness (QED) is 0.235. The van der Waals surface area contributed by atoms with Crippen LogP contribution in [0.25, 0.3) is 0 Å². The van der Waals surface area contributed by atoms with E-state index in [-0.39, 0.29) is 30.1 Å². The van der Waals surface area contributed by atoms with Crippen molar-refractivity contribution in [3.63, 3.8) is 0 Å². The number of benzene rings is 1. The molecule has 0 radical (unpaired) electrons. The Morgan fingerprint density at radius 1 is 1.12 bits per heavy atom. The van der Waals surface area contributed by atoms with E-state index < -0.39 is 0 Å². The molecule has 0 bridgehead atoms. The van der Waals surface area contributed by atoms with E-state index in [0.29, 0.717) is 6.54 Å². The first-order chi connectivity index (χ1) is 11.3. The van der Waals surface area contributed by atoms with Crippen LogP contribution in [0.5, 0.6) is 5.75 Å². The van der Waals surface area contributed by atoms with Crippen LogP contribution >= 0.6 is 24.0 Å². The summed E-state index contributed by atoms with van der Waals surface area (Å²) in [6, 6.07) is 9.84. The molecule has 0 amide bonds. The summed E-state index contributed by atoms with van der Waals surface area (Å²) in [5.74, 6) is 1.72. The van der Waals surface area contributed by atoms with Crippen molar-refractivity contribution in [1.29, 1.82) is 0 Å². The lowest BCUT2D eigenvalue weighted by atomic mass is 10.3. The molecule has 24 heavy (non-hydrogen) atoms. The van der Waals surface area contributed by atoms with Gasteiger partial charge in [-0.2, -0.15) is 0 Å². The number of unbranched alkanes of at least 4 members (excludes halogenated alkanes) is 1. The highest BCUT2D eigenvalue weighted by molar-refractivity contribution is 14.0. The van der Waals surface area contributed by atoms with E-state index in [1.807, 2.05) is 44.2 Å². The average molecular weight is 449 g/mol. The first-order valence-corrected chi connectivity index (χ1v) is 8.57. The molecule has 0 aliphatic heterocycles. The summed E-state index contributed by atoms with van der Waals surface area (Å²) < 4.78 is 11.2. The van der Waals surface area contributed by atoms with E-state index in [4.69, 9.17) is 9.47 Å². The predicted molar refractivity (Wildman–Crippen MR) is 112 cm³/mol. The molecule has 1 aromatic rings. The van der Waals surface area contributed by atoms with Gasteiger partial charge in [-0.05, 0) is 45.7 Å².